The predicted molar refractivity (Wildman–Crippen MR) is 140 cm³/mol. The van der Waals surface area contributed by atoms with Gasteiger partial charge in [0.2, 0.25) is 0 Å². The quantitative estimate of drug-likeness (QED) is 0.291. The molecule has 0 atom stereocenters. The molecule has 1 fully saturated rings. The van der Waals surface area contributed by atoms with E-state index in [9.17, 15) is 14.9 Å². The normalized spacial score (nSPS) is 13.6. The molecule has 1 aromatic heterocycles. The molecule has 8 heteroatoms. The highest BCUT2D eigenvalue weighted by molar-refractivity contribution is 6.07. The van der Waals surface area contributed by atoms with Gasteiger partial charge in [0.1, 0.15) is 5.75 Å². The number of rotatable bonds is 5. The number of carbonyl (C=O) groups is 1. The minimum absolute atomic E-state index is 0.0221. The summed E-state index contributed by atoms with van der Waals surface area (Å²) in [7, 11) is 1.63. The molecule has 0 radical (unpaired) electrons. The van der Waals surface area contributed by atoms with Crippen LogP contribution < -0.4 is 9.64 Å². The molecule has 3 aromatic carbocycles. The maximum Gasteiger partial charge on any atom is 0.269 e. The number of fused-ring (bicyclic) bond motifs is 1. The Morgan fingerprint density at radius 3 is 2.28 bits per heavy atom. The summed E-state index contributed by atoms with van der Waals surface area (Å²) in [5.74, 6) is 0.739. The van der Waals surface area contributed by atoms with Gasteiger partial charge in [0.25, 0.3) is 11.6 Å². The Balaban J connectivity index is 1.41. The van der Waals surface area contributed by atoms with E-state index < -0.39 is 4.92 Å². The molecule has 0 saturated carbocycles. The zero-order valence-corrected chi connectivity index (χ0v) is 20.2. The number of aryl methyl sites for hydroxylation is 1. The number of non-ortho nitro benzene ring substituents is 1. The van der Waals surface area contributed by atoms with Crippen molar-refractivity contribution in [3.05, 3.63) is 94.0 Å². The fourth-order valence-electron chi connectivity index (χ4n) is 4.55. The Kier molecular flexibility index (Phi) is 6.25. The highest BCUT2D eigenvalue weighted by atomic mass is 16.6. The lowest BCUT2D eigenvalue weighted by Gasteiger charge is -2.36. The minimum atomic E-state index is -0.401. The number of methoxy groups -OCH3 is 1. The van der Waals surface area contributed by atoms with Crippen molar-refractivity contribution in [2.24, 2.45) is 0 Å². The van der Waals surface area contributed by atoms with Crippen molar-refractivity contribution in [3.63, 3.8) is 0 Å². The van der Waals surface area contributed by atoms with Gasteiger partial charge >= 0.3 is 0 Å². The summed E-state index contributed by atoms with van der Waals surface area (Å²) < 4.78 is 5.27. The lowest BCUT2D eigenvalue weighted by molar-refractivity contribution is -0.384. The first-order chi connectivity index (χ1) is 17.4. The third-order valence-electron chi connectivity index (χ3n) is 6.57. The van der Waals surface area contributed by atoms with E-state index in [0.29, 0.717) is 31.7 Å². The van der Waals surface area contributed by atoms with Gasteiger partial charge in [-0.25, -0.2) is 4.98 Å². The van der Waals surface area contributed by atoms with Crippen LogP contribution in [0.2, 0.25) is 0 Å². The first-order valence-corrected chi connectivity index (χ1v) is 11.8. The van der Waals surface area contributed by atoms with Crippen molar-refractivity contribution >= 4 is 28.2 Å². The molecule has 1 amide bonds. The standard InChI is InChI=1S/C28H26N4O4/c1-19-3-12-26-24(17-19)25(18-27(29-26)20-4-10-23(36-2)11-5-20)28(33)31-15-13-30(14-16-31)21-6-8-22(9-7-21)32(34)35/h3-12,17-18H,13-16H2,1-2H3. The summed E-state index contributed by atoms with van der Waals surface area (Å²) in [6.45, 7) is 4.43. The molecule has 0 unspecified atom stereocenters. The highest BCUT2D eigenvalue weighted by Crippen LogP contribution is 2.29. The predicted octanol–water partition coefficient (Wildman–Crippen LogP) is 5.09. The second kappa shape index (κ2) is 9.65. The summed E-state index contributed by atoms with van der Waals surface area (Å²) in [6.07, 6.45) is 0. The van der Waals surface area contributed by atoms with Crippen molar-refractivity contribution in [1.29, 1.82) is 0 Å². The van der Waals surface area contributed by atoms with Crippen LogP contribution in [0.25, 0.3) is 22.2 Å². The molecule has 1 saturated heterocycles. The lowest BCUT2D eigenvalue weighted by atomic mass is 10.0. The number of aromatic nitrogens is 1. The Hall–Kier alpha value is -4.46. The van der Waals surface area contributed by atoms with Crippen LogP contribution in [0.3, 0.4) is 0 Å². The Morgan fingerprint density at radius 2 is 1.64 bits per heavy atom. The summed E-state index contributed by atoms with van der Waals surface area (Å²) in [5.41, 5.74) is 5.12. The number of nitro benzene ring substituents is 1. The third kappa shape index (κ3) is 4.57. The van der Waals surface area contributed by atoms with Crippen LogP contribution in [0.5, 0.6) is 5.75 Å². The summed E-state index contributed by atoms with van der Waals surface area (Å²) in [6, 6.07) is 22.1. The summed E-state index contributed by atoms with van der Waals surface area (Å²) in [4.78, 5) is 33.1. The second-order valence-corrected chi connectivity index (χ2v) is 8.86. The van der Waals surface area contributed by atoms with Gasteiger partial charge in [0, 0.05) is 54.9 Å². The molecule has 5 rings (SSSR count). The van der Waals surface area contributed by atoms with Crippen molar-refractivity contribution in [1.82, 2.24) is 9.88 Å². The van der Waals surface area contributed by atoms with Gasteiger partial charge < -0.3 is 14.5 Å². The SMILES string of the molecule is COc1ccc(-c2cc(C(=O)N3CCN(c4ccc([N+](=O)[O-])cc4)CC3)c3cc(C)ccc3n2)cc1. The highest BCUT2D eigenvalue weighted by Gasteiger charge is 2.25. The number of benzene rings is 3. The number of amides is 1. The molecule has 8 nitrogen and oxygen atoms in total. The Bertz CT molecular complexity index is 1430. The fourth-order valence-corrected chi connectivity index (χ4v) is 4.55. The van der Waals surface area contributed by atoms with E-state index >= 15 is 0 Å². The van der Waals surface area contributed by atoms with Crippen LogP contribution >= 0.6 is 0 Å². The van der Waals surface area contributed by atoms with E-state index in [1.54, 1.807) is 19.2 Å². The molecule has 4 aromatic rings. The van der Waals surface area contributed by atoms with Gasteiger partial charge in [-0.2, -0.15) is 0 Å². The van der Waals surface area contributed by atoms with E-state index in [2.05, 4.69) is 4.90 Å². The summed E-state index contributed by atoms with van der Waals surface area (Å²) in [5, 5.41) is 11.8. The number of ether oxygens (including phenoxy) is 1. The van der Waals surface area contributed by atoms with Gasteiger partial charge in [-0.15, -0.1) is 0 Å². The van der Waals surface area contributed by atoms with Gasteiger partial charge in [-0.05, 0) is 61.5 Å². The van der Waals surface area contributed by atoms with E-state index in [4.69, 9.17) is 9.72 Å². The molecule has 0 aliphatic carbocycles. The van der Waals surface area contributed by atoms with Crippen LogP contribution in [0.1, 0.15) is 15.9 Å². The topological polar surface area (TPSA) is 88.8 Å². The number of nitrogens with zero attached hydrogens (tertiary/aromatic N) is 4. The monoisotopic (exact) mass is 482 g/mol. The number of anilines is 1. The summed E-state index contributed by atoms with van der Waals surface area (Å²) >= 11 is 0. The van der Waals surface area contributed by atoms with Crippen molar-refractivity contribution < 1.29 is 14.5 Å². The van der Waals surface area contributed by atoms with Gasteiger partial charge in [-0.3, -0.25) is 14.9 Å². The van der Waals surface area contributed by atoms with Crippen molar-refractivity contribution in [3.8, 4) is 17.0 Å². The number of pyridine rings is 1. The molecule has 36 heavy (non-hydrogen) atoms. The van der Waals surface area contributed by atoms with E-state index in [0.717, 1.165) is 39.2 Å². The third-order valence-corrected chi connectivity index (χ3v) is 6.57. The molecule has 2 heterocycles. The molecule has 0 bridgehead atoms. The van der Waals surface area contributed by atoms with Crippen molar-refractivity contribution in [2.75, 3.05) is 38.2 Å². The number of hydrogen-bond donors (Lipinski definition) is 0. The average molecular weight is 483 g/mol. The molecule has 182 valence electrons. The average Bonchev–Trinajstić information content (AvgIpc) is 2.92. The molecular formula is C28H26N4O4. The fraction of sp³-hybridized carbons (Fsp3) is 0.214. The zero-order valence-electron chi connectivity index (χ0n) is 20.2. The largest absolute Gasteiger partial charge is 0.497 e. The van der Waals surface area contributed by atoms with Crippen LogP contribution in [0.15, 0.2) is 72.8 Å². The number of nitro groups is 1. The first kappa shape index (κ1) is 23.3. The number of hydrogen-bond acceptors (Lipinski definition) is 6. The smallest absolute Gasteiger partial charge is 0.269 e. The molecular weight excluding hydrogens is 456 g/mol. The second-order valence-electron chi connectivity index (χ2n) is 8.86. The van der Waals surface area contributed by atoms with Crippen LogP contribution in [-0.2, 0) is 0 Å². The van der Waals surface area contributed by atoms with Crippen LogP contribution in [0.4, 0.5) is 11.4 Å². The molecule has 1 aliphatic rings. The Labute approximate surface area is 208 Å². The Morgan fingerprint density at radius 1 is 0.944 bits per heavy atom. The van der Waals surface area contributed by atoms with Gasteiger partial charge in [-0.1, -0.05) is 11.6 Å². The number of piperazine rings is 1. The first-order valence-electron chi connectivity index (χ1n) is 11.8. The van der Waals surface area contributed by atoms with Crippen LogP contribution in [0, 0.1) is 17.0 Å². The van der Waals surface area contributed by atoms with Crippen molar-refractivity contribution in [2.45, 2.75) is 6.92 Å². The van der Waals surface area contributed by atoms with E-state index in [1.165, 1.54) is 12.1 Å². The zero-order chi connectivity index (χ0) is 25.2. The molecule has 0 spiro atoms. The van der Waals surface area contributed by atoms with Gasteiger partial charge in [0.05, 0.1) is 28.8 Å². The van der Waals surface area contributed by atoms with Crippen LogP contribution in [-0.4, -0.2) is 54.0 Å². The number of carbonyl (C=O) groups excluding carboxylic acids is 1. The minimum Gasteiger partial charge on any atom is -0.497 e. The van der Waals surface area contributed by atoms with E-state index in [1.807, 2.05) is 60.4 Å². The van der Waals surface area contributed by atoms with Gasteiger partial charge in [0.15, 0.2) is 0 Å². The van der Waals surface area contributed by atoms with E-state index in [-0.39, 0.29) is 11.6 Å². The maximum atomic E-state index is 13.8. The lowest BCUT2D eigenvalue weighted by Crippen LogP contribution is -2.48. The maximum absolute atomic E-state index is 13.8. The molecule has 1 aliphatic heterocycles. The molecule has 0 N–H and O–H groups in total.